The Balaban J connectivity index is 2.18. The number of hydrogen-bond acceptors (Lipinski definition) is 5. The molecule has 0 radical (unpaired) electrons. The molecular weight excluding hydrogens is 236 g/mol. The molecule has 1 aromatic carbocycles. The van der Waals surface area contributed by atoms with Crippen LogP contribution in [0.15, 0.2) is 36.2 Å². The molecule has 0 aliphatic heterocycles. The second-order valence-corrected chi connectivity index (χ2v) is 4.17. The maximum absolute atomic E-state index is 10.2. The fraction of sp³-hybridized carbons (Fsp3) is 0. The number of nitrogens with zero attached hydrogens (tertiary/aromatic N) is 1. The number of amides is 1. The summed E-state index contributed by atoms with van der Waals surface area (Å²) in [6.45, 7) is 0. The Labute approximate surface area is 102 Å². The molecule has 17 heavy (non-hydrogen) atoms. The van der Waals surface area contributed by atoms with Crippen molar-refractivity contribution in [2.75, 3.05) is 5.32 Å². The Morgan fingerprint density at radius 1 is 1.41 bits per heavy atom. The van der Waals surface area contributed by atoms with Gasteiger partial charge in [0, 0.05) is 12.4 Å². The third-order valence-corrected chi connectivity index (χ3v) is 2.99. The van der Waals surface area contributed by atoms with E-state index in [1.54, 1.807) is 0 Å². The lowest BCUT2D eigenvalue weighted by Gasteiger charge is -1.98. The third kappa shape index (κ3) is 2.67. The van der Waals surface area contributed by atoms with Crippen molar-refractivity contribution in [2.45, 2.75) is 0 Å². The van der Waals surface area contributed by atoms with E-state index in [9.17, 15) is 4.79 Å². The number of carbonyl (C=O) groups is 1. The molecule has 0 aliphatic carbocycles. The van der Waals surface area contributed by atoms with Crippen LogP contribution in [0.2, 0.25) is 0 Å². The van der Waals surface area contributed by atoms with Crippen LogP contribution in [0.25, 0.3) is 10.2 Å². The Morgan fingerprint density at radius 2 is 2.24 bits per heavy atom. The quantitative estimate of drug-likeness (QED) is 0.557. The van der Waals surface area contributed by atoms with Crippen LogP contribution in [-0.4, -0.2) is 17.6 Å². The normalized spacial score (nSPS) is 11.2. The van der Waals surface area contributed by atoms with Crippen LogP contribution in [0.4, 0.5) is 5.13 Å². The molecule has 0 atom stereocenters. The maximum atomic E-state index is 10.2. The molecule has 0 saturated heterocycles. The molecule has 1 amide bonds. The van der Waals surface area contributed by atoms with Gasteiger partial charge in [-0.3, -0.25) is 4.79 Å². The summed E-state index contributed by atoms with van der Waals surface area (Å²) in [4.78, 5) is 14.6. The van der Waals surface area contributed by atoms with Gasteiger partial charge in [0.2, 0.25) is 6.41 Å². The van der Waals surface area contributed by atoms with Crippen molar-refractivity contribution >= 4 is 39.3 Å². The Hall–Kier alpha value is -2.21. The molecule has 2 aromatic rings. The largest absolute Gasteiger partial charge is 0.336 e. The molecule has 2 rings (SSSR count). The van der Waals surface area contributed by atoms with Gasteiger partial charge in [-0.05, 0) is 12.1 Å². The molecule has 86 valence electrons. The topological polar surface area (TPSA) is 77.9 Å². The monoisotopic (exact) mass is 246 g/mol. The lowest BCUT2D eigenvalue weighted by atomic mass is 10.3. The summed E-state index contributed by atoms with van der Waals surface area (Å²) >= 11 is 1.51. The Morgan fingerprint density at radius 3 is 2.94 bits per heavy atom. The molecule has 0 unspecified atom stereocenters. The van der Waals surface area contributed by atoms with Gasteiger partial charge in [0.05, 0.1) is 15.9 Å². The van der Waals surface area contributed by atoms with E-state index in [4.69, 9.17) is 5.41 Å². The van der Waals surface area contributed by atoms with Crippen LogP contribution < -0.4 is 10.6 Å². The number of para-hydroxylation sites is 1. The highest BCUT2D eigenvalue weighted by atomic mass is 32.1. The van der Waals surface area contributed by atoms with E-state index in [0.717, 1.165) is 21.6 Å². The van der Waals surface area contributed by atoms with Crippen molar-refractivity contribution in [2.24, 2.45) is 0 Å². The molecule has 0 saturated carbocycles. The van der Waals surface area contributed by atoms with Gasteiger partial charge in [-0.25, -0.2) is 4.98 Å². The van der Waals surface area contributed by atoms with Gasteiger partial charge in [0.1, 0.15) is 0 Å². The summed E-state index contributed by atoms with van der Waals surface area (Å²) in [5.41, 5.74) is 1.30. The summed E-state index contributed by atoms with van der Waals surface area (Å²) in [5.74, 6) is 0. The summed E-state index contributed by atoms with van der Waals surface area (Å²) in [5, 5.41) is 13.1. The van der Waals surface area contributed by atoms with Gasteiger partial charge in [-0.15, -0.1) is 0 Å². The number of anilines is 1. The van der Waals surface area contributed by atoms with E-state index < -0.39 is 0 Å². The number of benzene rings is 1. The molecule has 0 aliphatic rings. The predicted molar refractivity (Wildman–Crippen MR) is 69.3 cm³/mol. The van der Waals surface area contributed by atoms with Gasteiger partial charge in [0.15, 0.2) is 5.13 Å². The van der Waals surface area contributed by atoms with E-state index in [1.165, 1.54) is 17.5 Å². The SMILES string of the molecule is N=C/C(=C\Nc1nc2ccccc2s1)NC=O. The molecule has 0 fully saturated rings. The number of carbonyl (C=O) groups excluding carboxylic acids is 1. The summed E-state index contributed by atoms with van der Waals surface area (Å²) in [6.07, 6.45) is 3.10. The second kappa shape index (κ2) is 5.22. The molecular formula is C11H10N4OS. The first-order valence-electron chi connectivity index (χ1n) is 4.86. The van der Waals surface area contributed by atoms with Crippen LogP contribution in [-0.2, 0) is 4.79 Å². The molecule has 3 N–H and O–H groups in total. The molecule has 1 heterocycles. The highest BCUT2D eigenvalue weighted by Crippen LogP contribution is 2.25. The molecule has 0 spiro atoms. The summed E-state index contributed by atoms with van der Waals surface area (Å²) in [7, 11) is 0. The lowest BCUT2D eigenvalue weighted by molar-refractivity contribution is -0.108. The van der Waals surface area contributed by atoms with Crippen LogP contribution in [0.5, 0.6) is 0 Å². The number of thiazole rings is 1. The molecule has 5 nitrogen and oxygen atoms in total. The van der Waals surface area contributed by atoms with Crippen molar-refractivity contribution < 1.29 is 4.79 Å². The van der Waals surface area contributed by atoms with Crippen molar-refractivity contribution in [3.8, 4) is 0 Å². The van der Waals surface area contributed by atoms with Crippen molar-refractivity contribution in [1.29, 1.82) is 5.41 Å². The number of rotatable bonds is 5. The van der Waals surface area contributed by atoms with Gasteiger partial charge < -0.3 is 16.0 Å². The number of hydrogen-bond donors (Lipinski definition) is 3. The lowest BCUT2D eigenvalue weighted by Crippen LogP contribution is -2.12. The zero-order chi connectivity index (χ0) is 12.1. The number of allylic oxidation sites excluding steroid dienone is 1. The minimum absolute atomic E-state index is 0.374. The average Bonchev–Trinajstić information content (AvgIpc) is 2.77. The van der Waals surface area contributed by atoms with E-state index in [0.29, 0.717) is 12.1 Å². The van der Waals surface area contributed by atoms with Crippen LogP contribution in [0.3, 0.4) is 0 Å². The number of aromatic nitrogens is 1. The fourth-order valence-corrected chi connectivity index (χ4v) is 2.10. The van der Waals surface area contributed by atoms with Crippen molar-refractivity contribution in [1.82, 2.24) is 10.3 Å². The maximum Gasteiger partial charge on any atom is 0.211 e. The van der Waals surface area contributed by atoms with E-state index in [1.807, 2.05) is 24.3 Å². The Bertz CT molecular complexity index is 543. The van der Waals surface area contributed by atoms with E-state index in [2.05, 4.69) is 15.6 Å². The smallest absolute Gasteiger partial charge is 0.211 e. The summed E-state index contributed by atoms with van der Waals surface area (Å²) < 4.78 is 1.09. The van der Waals surface area contributed by atoms with Crippen LogP contribution >= 0.6 is 11.3 Å². The minimum atomic E-state index is 0.374. The van der Waals surface area contributed by atoms with E-state index in [-0.39, 0.29) is 0 Å². The van der Waals surface area contributed by atoms with Gasteiger partial charge in [-0.1, -0.05) is 23.5 Å². The third-order valence-electron chi connectivity index (χ3n) is 2.03. The van der Waals surface area contributed by atoms with Gasteiger partial charge >= 0.3 is 0 Å². The number of nitrogens with one attached hydrogen (secondary N) is 3. The zero-order valence-electron chi connectivity index (χ0n) is 8.81. The average molecular weight is 246 g/mol. The molecule has 6 heteroatoms. The second-order valence-electron chi connectivity index (χ2n) is 3.14. The molecule has 0 bridgehead atoms. The first kappa shape index (κ1) is 11.3. The fourth-order valence-electron chi connectivity index (χ4n) is 1.27. The first-order chi connectivity index (χ1) is 8.33. The highest BCUT2D eigenvalue weighted by molar-refractivity contribution is 7.22. The zero-order valence-corrected chi connectivity index (χ0v) is 9.62. The van der Waals surface area contributed by atoms with Crippen LogP contribution in [0.1, 0.15) is 0 Å². The van der Waals surface area contributed by atoms with Crippen molar-refractivity contribution in [3.63, 3.8) is 0 Å². The Kier molecular flexibility index (Phi) is 3.46. The van der Waals surface area contributed by atoms with Gasteiger partial charge in [0.25, 0.3) is 0 Å². The van der Waals surface area contributed by atoms with Crippen LogP contribution in [0, 0.1) is 5.41 Å². The van der Waals surface area contributed by atoms with Gasteiger partial charge in [-0.2, -0.15) is 0 Å². The molecule has 1 aromatic heterocycles. The number of fused-ring (bicyclic) bond motifs is 1. The summed E-state index contributed by atoms with van der Waals surface area (Å²) in [6, 6.07) is 7.81. The standard InChI is InChI=1S/C11H10N4OS/c12-5-8(14-7-16)6-13-11-15-9-3-1-2-4-10(9)17-11/h1-7,12H,(H,13,15)(H,14,16)/b8-6+,12-5?. The predicted octanol–water partition coefficient (Wildman–Crippen LogP) is 1.95. The highest BCUT2D eigenvalue weighted by Gasteiger charge is 2.00. The minimum Gasteiger partial charge on any atom is -0.336 e. The van der Waals surface area contributed by atoms with Crippen molar-refractivity contribution in [3.05, 3.63) is 36.2 Å². The van der Waals surface area contributed by atoms with E-state index >= 15 is 0 Å². The first-order valence-corrected chi connectivity index (χ1v) is 5.68.